The summed E-state index contributed by atoms with van der Waals surface area (Å²) in [7, 11) is 0. The molecule has 1 aliphatic carbocycles. The number of amides is 2. The van der Waals surface area contributed by atoms with Crippen LogP contribution in [0.3, 0.4) is 0 Å². The second-order valence-corrected chi connectivity index (χ2v) is 6.89. The van der Waals surface area contributed by atoms with Crippen molar-refractivity contribution in [2.45, 2.75) is 44.8 Å². The van der Waals surface area contributed by atoms with Gasteiger partial charge in [-0.05, 0) is 48.4 Å². The minimum Gasteiger partial charge on any atom is -0.330 e. The average molecular weight is 332 g/mol. The first kappa shape index (κ1) is 16.0. The van der Waals surface area contributed by atoms with Gasteiger partial charge in [0.15, 0.2) is 0 Å². The predicted octanol–water partition coefficient (Wildman–Crippen LogP) is 4.71. The van der Waals surface area contributed by atoms with E-state index in [9.17, 15) is 9.18 Å². The number of nitrogens with one attached hydrogen (secondary N) is 1. The summed E-state index contributed by atoms with van der Waals surface area (Å²) < 4.78 is 13.0. The third-order valence-corrected chi connectivity index (χ3v) is 5.09. The number of thiophene rings is 1. The van der Waals surface area contributed by atoms with Crippen molar-refractivity contribution >= 4 is 17.4 Å². The monoisotopic (exact) mass is 332 g/mol. The molecule has 122 valence electrons. The van der Waals surface area contributed by atoms with E-state index in [4.69, 9.17) is 0 Å². The van der Waals surface area contributed by atoms with Gasteiger partial charge >= 0.3 is 6.03 Å². The summed E-state index contributed by atoms with van der Waals surface area (Å²) in [5.41, 5.74) is 0.956. The molecule has 5 heteroatoms. The minimum atomic E-state index is -0.250. The van der Waals surface area contributed by atoms with E-state index in [0.717, 1.165) is 24.8 Å². The molecule has 0 radical (unpaired) electrons. The maximum atomic E-state index is 13.0. The molecule has 1 aliphatic rings. The van der Waals surface area contributed by atoms with Gasteiger partial charge in [0, 0.05) is 17.5 Å². The first-order valence-electron chi connectivity index (χ1n) is 8.02. The molecule has 1 aromatic carbocycles. The number of carbonyl (C=O) groups excluding carboxylic acids is 1. The molecule has 1 heterocycles. The summed E-state index contributed by atoms with van der Waals surface area (Å²) in [6.07, 6.45) is 2.95. The molecular formula is C18H21FN2OS. The van der Waals surface area contributed by atoms with E-state index < -0.39 is 0 Å². The fourth-order valence-corrected chi connectivity index (χ4v) is 3.50. The predicted molar refractivity (Wildman–Crippen MR) is 90.8 cm³/mol. The minimum absolute atomic E-state index is 0.0305. The molecule has 0 bridgehead atoms. The molecule has 1 saturated carbocycles. The van der Waals surface area contributed by atoms with Crippen molar-refractivity contribution in [2.75, 3.05) is 0 Å². The molecule has 3 rings (SSSR count). The van der Waals surface area contributed by atoms with E-state index in [1.165, 1.54) is 17.0 Å². The summed E-state index contributed by atoms with van der Waals surface area (Å²) in [5.74, 6) is -0.250. The highest BCUT2D eigenvalue weighted by Crippen LogP contribution is 2.29. The molecule has 0 saturated heterocycles. The van der Waals surface area contributed by atoms with Crippen LogP contribution in [0.25, 0.3) is 0 Å². The smallest absolute Gasteiger partial charge is 0.318 e. The van der Waals surface area contributed by atoms with Crippen molar-refractivity contribution in [2.24, 2.45) is 0 Å². The highest BCUT2D eigenvalue weighted by molar-refractivity contribution is 7.10. The Morgan fingerprint density at radius 1 is 1.35 bits per heavy atom. The van der Waals surface area contributed by atoms with Gasteiger partial charge in [-0.15, -0.1) is 11.3 Å². The van der Waals surface area contributed by atoms with Gasteiger partial charge in [-0.2, -0.15) is 0 Å². The Kier molecular flexibility index (Phi) is 4.96. The van der Waals surface area contributed by atoms with Gasteiger partial charge in [-0.25, -0.2) is 9.18 Å². The summed E-state index contributed by atoms with van der Waals surface area (Å²) >= 11 is 1.66. The van der Waals surface area contributed by atoms with Gasteiger partial charge in [0.05, 0.1) is 6.04 Å². The Bertz CT molecular complexity index is 638. The normalized spacial score (nSPS) is 15.2. The second kappa shape index (κ2) is 7.13. The number of rotatable bonds is 6. The highest BCUT2D eigenvalue weighted by Gasteiger charge is 2.33. The zero-order valence-electron chi connectivity index (χ0n) is 13.2. The fourth-order valence-electron chi connectivity index (χ4n) is 2.64. The lowest BCUT2D eigenvalue weighted by atomic mass is 10.2. The molecule has 1 aromatic heterocycles. The van der Waals surface area contributed by atoms with Crippen molar-refractivity contribution in [3.05, 3.63) is 58.0 Å². The molecular weight excluding hydrogens is 311 g/mol. The average Bonchev–Trinajstić information content (AvgIpc) is 3.25. The van der Waals surface area contributed by atoms with Crippen LogP contribution in [0.2, 0.25) is 0 Å². The first-order valence-corrected chi connectivity index (χ1v) is 8.90. The first-order chi connectivity index (χ1) is 11.2. The summed E-state index contributed by atoms with van der Waals surface area (Å²) in [6.45, 7) is 2.60. The van der Waals surface area contributed by atoms with Crippen LogP contribution >= 0.6 is 11.3 Å². The van der Waals surface area contributed by atoms with Crippen LogP contribution in [-0.2, 0) is 6.54 Å². The van der Waals surface area contributed by atoms with E-state index in [1.54, 1.807) is 23.5 Å². The lowest BCUT2D eigenvalue weighted by molar-refractivity contribution is 0.187. The van der Waals surface area contributed by atoms with Gasteiger partial charge in [-0.1, -0.05) is 25.1 Å². The molecule has 0 spiro atoms. The van der Waals surface area contributed by atoms with Crippen molar-refractivity contribution < 1.29 is 9.18 Å². The Hall–Kier alpha value is -1.88. The SMILES string of the molecule is CCC(NC(=O)N(Cc1ccc(F)cc1)C1CC1)c1cccs1. The van der Waals surface area contributed by atoms with Crippen LogP contribution < -0.4 is 5.32 Å². The van der Waals surface area contributed by atoms with Crippen molar-refractivity contribution in [3.63, 3.8) is 0 Å². The van der Waals surface area contributed by atoms with Gasteiger partial charge in [-0.3, -0.25) is 0 Å². The number of urea groups is 1. The third-order valence-electron chi connectivity index (χ3n) is 4.11. The lowest BCUT2D eigenvalue weighted by Crippen LogP contribution is -2.42. The molecule has 1 atom stereocenters. The third kappa shape index (κ3) is 4.10. The van der Waals surface area contributed by atoms with Crippen LogP contribution in [-0.4, -0.2) is 17.0 Å². The summed E-state index contributed by atoms with van der Waals surface area (Å²) in [6, 6.07) is 10.8. The van der Waals surface area contributed by atoms with E-state index in [1.807, 2.05) is 16.3 Å². The molecule has 1 N–H and O–H groups in total. The molecule has 23 heavy (non-hydrogen) atoms. The zero-order chi connectivity index (χ0) is 16.2. The van der Waals surface area contributed by atoms with Crippen LogP contribution in [0.1, 0.15) is 42.7 Å². The Balaban J connectivity index is 1.68. The number of nitrogens with zero attached hydrogens (tertiary/aromatic N) is 1. The quantitative estimate of drug-likeness (QED) is 0.816. The van der Waals surface area contributed by atoms with Gasteiger partial charge < -0.3 is 10.2 Å². The summed E-state index contributed by atoms with van der Waals surface area (Å²) in [5, 5.41) is 5.17. The molecule has 1 fully saturated rings. The van der Waals surface area contributed by atoms with E-state index in [2.05, 4.69) is 18.3 Å². The zero-order valence-corrected chi connectivity index (χ0v) is 14.0. The number of benzene rings is 1. The molecule has 0 aliphatic heterocycles. The van der Waals surface area contributed by atoms with Gasteiger partial charge in [0.2, 0.25) is 0 Å². The van der Waals surface area contributed by atoms with Crippen LogP contribution in [0.4, 0.5) is 9.18 Å². The summed E-state index contributed by atoms with van der Waals surface area (Å²) in [4.78, 5) is 15.8. The molecule has 1 unspecified atom stereocenters. The Morgan fingerprint density at radius 3 is 2.65 bits per heavy atom. The van der Waals surface area contributed by atoms with E-state index in [-0.39, 0.29) is 17.9 Å². The second-order valence-electron chi connectivity index (χ2n) is 5.91. The Morgan fingerprint density at radius 2 is 2.09 bits per heavy atom. The van der Waals surface area contributed by atoms with Crippen molar-refractivity contribution in [1.29, 1.82) is 0 Å². The molecule has 2 aromatic rings. The van der Waals surface area contributed by atoms with Crippen LogP contribution in [0, 0.1) is 5.82 Å². The van der Waals surface area contributed by atoms with Crippen LogP contribution in [0.5, 0.6) is 0 Å². The molecule has 3 nitrogen and oxygen atoms in total. The highest BCUT2D eigenvalue weighted by atomic mass is 32.1. The number of hydrogen-bond donors (Lipinski definition) is 1. The molecule has 2 amide bonds. The fraction of sp³-hybridized carbons (Fsp3) is 0.389. The van der Waals surface area contributed by atoms with Crippen molar-refractivity contribution in [1.82, 2.24) is 10.2 Å². The van der Waals surface area contributed by atoms with Crippen molar-refractivity contribution in [3.8, 4) is 0 Å². The Labute approximate surface area is 140 Å². The topological polar surface area (TPSA) is 32.3 Å². The van der Waals surface area contributed by atoms with Crippen LogP contribution in [0.15, 0.2) is 41.8 Å². The maximum absolute atomic E-state index is 13.0. The van der Waals surface area contributed by atoms with E-state index >= 15 is 0 Å². The maximum Gasteiger partial charge on any atom is 0.318 e. The largest absolute Gasteiger partial charge is 0.330 e. The number of hydrogen-bond acceptors (Lipinski definition) is 2. The number of halogens is 1. The van der Waals surface area contributed by atoms with Gasteiger partial charge in [0.1, 0.15) is 5.82 Å². The van der Waals surface area contributed by atoms with Gasteiger partial charge in [0.25, 0.3) is 0 Å². The number of carbonyl (C=O) groups is 1. The van der Waals surface area contributed by atoms with E-state index in [0.29, 0.717) is 12.6 Å². The lowest BCUT2D eigenvalue weighted by Gasteiger charge is -2.26. The standard InChI is InChI=1S/C18H21FN2OS/c1-2-16(17-4-3-11-23-17)20-18(22)21(15-9-10-15)12-13-5-7-14(19)8-6-13/h3-8,11,15-16H,2,9-10,12H2,1H3,(H,20,22).